The minimum Gasteiger partial charge on any atom is -0.262 e. The molecule has 4 fully saturated rings. The molecule has 3 aliphatic carbocycles. The first-order chi connectivity index (χ1) is 6.44. The Balaban J connectivity index is 1.98. The maximum Gasteiger partial charge on any atom is 0.305 e. The summed E-state index contributed by atoms with van der Waals surface area (Å²) in [5.41, 5.74) is 0.0340. The van der Waals surface area contributed by atoms with Crippen molar-refractivity contribution in [3.05, 3.63) is 0 Å². The lowest BCUT2D eigenvalue weighted by molar-refractivity contribution is -0.199. The lowest BCUT2D eigenvalue weighted by Crippen LogP contribution is -2.65. The zero-order valence-electron chi connectivity index (χ0n) is 8.78. The quantitative estimate of drug-likeness (QED) is 0.619. The summed E-state index contributed by atoms with van der Waals surface area (Å²) in [4.78, 5) is 0. The molecule has 0 N–H and O–H groups in total. The smallest absolute Gasteiger partial charge is 0.262 e. The van der Waals surface area contributed by atoms with Crippen molar-refractivity contribution in [2.24, 2.45) is 17.3 Å². The van der Waals surface area contributed by atoms with Crippen LogP contribution in [0.3, 0.4) is 0 Å². The van der Waals surface area contributed by atoms with Gasteiger partial charge in [0.25, 0.3) is 0 Å². The molecule has 0 amide bonds. The maximum absolute atomic E-state index is 11.3. The Morgan fingerprint density at radius 3 is 2.64 bits per heavy atom. The van der Waals surface area contributed by atoms with Gasteiger partial charge in [-0.2, -0.15) is 4.21 Å². The van der Waals surface area contributed by atoms with Gasteiger partial charge in [0.1, 0.15) is 11.7 Å². The summed E-state index contributed by atoms with van der Waals surface area (Å²) in [7, 11) is 0. The van der Waals surface area contributed by atoms with Crippen molar-refractivity contribution in [2.45, 2.75) is 45.3 Å². The molecule has 3 nitrogen and oxygen atoms in total. The standard InChI is InChI=1S/C10H16O3S/c1-9(2)6-4-7(9)10(3)8(5-6)12-14(11)13-10/h6-8H,4-5H2,1-3H3/t6-,7-,8+,10-,14-/m0/s1. The minimum absolute atomic E-state index is 0.0557. The highest BCUT2D eigenvalue weighted by Gasteiger charge is 2.68. The highest BCUT2D eigenvalue weighted by atomic mass is 32.2. The molecular weight excluding hydrogens is 200 g/mol. The molecule has 80 valence electrons. The number of rotatable bonds is 0. The van der Waals surface area contributed by atoms with Crippen LogP contribution in [-0.4, -0.2) is 15.9 Å². The van der Waals surface area contributed by atoms with Crippen LogP contribution in [0.1, 0.15) is 33.6 Å². The molecule has 0 unspecified atom stereocenters. The first-order valence-electron chi connectivity index (χ1n) is 5.23. The van der Waals surface area contributed by atoms with Gasteiger partial charge in [0.15, 0.2) is 0 Å². The Morgan fingerprint density at radius 2 is 2.00 bits per heavy atom. The van der Waals surface area contributed by atoms with Crippen molar-refractivity contribution in [3.8, 4) is 0 Å². The zero-order chi connectivity index (χ0) is 10.1. The summed E-state index contributed by atoms with van der Waals surface area (Å²) < 4.78 is 22.1. The second-order valence-corrected chi connectivity index (χ2v) is 6.37. The zero-order valence-corrected chi connectivity index (χ0v) is 9.60. The van der Waals surface area contributed by atoms with Crippen LogP contribution in [0.25, 0.3) is 0 Å². The Labute approximate surface area is 87.0 Å². The first kappa shape index (κ1) is 9.31. The Hall–Kier alpha value is 0.0700. The summed E-state index contributed by atoms with van der Waals surface area (Å²) in [5, 5.41) is 0. The van der Waals surface area contributed by atoms with Gasteiger partial charge < -0.3 is 0 Å². The molecule has 5 atom stereocenters. The minimum atomic E-state index is -1.51. The fourth-order valence-corrected chi connectivity index (χ4v) is 4.63. The van der Waals surface area contributed by atoms with Gasteiger partial charge in [-0.15, -0.1) is 0 Å². The molecule has 1 heterocycles. The third kappa shape index (κ3) is 0.877. The molecule has 0 spiro atoms. The summed E-state index contributed by atoms with van der Waals surface area (Å²) in [5.74, 6) is 1.23. The van der Waals surface area contributed by atoms with E-state index in [1.54, 1.807) is 0 Å². The summed E-state index contributed by atoms with van der Waals surface area (Å²) >= 11 is -1.51. The molecule has 2 bridgehead atoms. The number of hydrogen-bond donors (Lipinski definition) is 0. The average Bonchev–Trinajstić information content (AvgIpc) is 2.37. The lowest BCUT2D eigenvalue weighted by atomic mass is 9.43. The van der Waals surface area contributed by atoms with E-state index in [0.29, 0.717) is 11.3 Å². The van der Waals surface area contributed by atoms with Crippen molar-refractivity contribution >= 4 is 11.4 Å². The van der Waals surface area contributed by atoms with Crippen LogP contribution in [-0.2, 0) is 19.7 Å². The van der Waals surface area contributed by atoms with Crippen LogP contribution in [0.15, 0.2) is 0 Å². The van der Waals surface area contributed by atoms with Gasteiger partial charge in [-0.05, 0) is 37.0 Å². The summed E-state index contributed by atoms with van der Waals surface area (Å²) in [6.45, 7) is 6.64. The van der Waals surface area contributed by atoms with Crippen molar-refractivity contribution in [3.63, 3.8) is 0 Å². The first-order valence-corrected chi connectivity index (χ1v) is 6.23. The highest BCUT2D eigenvalue weighted by molar-refractivity contribution is 7.75. The van der Waals surface area contributed by atoms with Gasteiger partial charge >= 0.3 is 11.4 Å². The maximum atomic E-state index is 11.3. The van der Waals surface area contributed by atoms with Gasteiger partial charge in [0.05, 0.1) is 0 Å². The van der Waals surface area contributed by atoms with Crippen molar-refractivity contribution in [1.82, 2.24) is 0 Å². The second kappa shape index (κ2) is 2.42. The van der Waals surface area contributed by atoms with E-state index in [2.05, 4.69) is 20.8 Å². The molecule has 4 heteroatoms. The molecule has 3 saturated carbocycles. The third-order valence-electron chi connectivity index (χ3n) is 4.74. The highest BCUT2D eigenvalue weighted by Crippen LogP contribution is 2.65. The lowest BCUT2D eigenvalue weighted by Gasteiger charge is -2.63. The molecular formula is C10H16O3S. The van der Waals surface area contributed by atoms with Crippen LogP contribution in [0, 0.1) is 17.3 Å². The molecule has 4 rings (SSSR count). The SMILES string of the molecule is CC1(C)[C@@H]2C[C@H]3O[S@](=O)O[C@@]3(C)[C@H]1C2. The van der Waals surface area contributed by atoms with Crippen molar-refractivity contribution < 1.29 is 12.6 Å². The van der Waals surface area contributed by atoms with E-state index in [9.17, 15) is 4.21 Å². The van der Waals surface area contributed by atoms with Crippen LogP contribution in [0.2, 0.25) is 0 Å². The van der Waals surface area contributed by atoms with Gasteiger partial charge in [-0.25, -0.2) is 0 Å². The molecule has 1 aliphatic heterocycles. The van der Waals surface area contributed by atoms with Gasteiger partial charge in [0.2, 0.25) is 0 Å². The van der Waals surface area contributed by atoms with Gasteiger partial charge in [-0.3, -0.25) is 8.37 Å². The van der Waals surface area contributed by atoms with E-state index < -0.39 is 11.4 Å². The molecule has 0 radical (unpaired) electrons. The van der Waals surface area contributed by atoms with Crippen LogP contribution < -0.4 is 0 Å². The summed E-state index contributed by atoms with van der Waals surface area (Å²) in [6.07, 6.45) is 2.27. The fourth-order valence-electron chi connectivity index (χ4n) is 3.61. The average molecular weight is 216 g/mol. The van der Waals surface area contributed by atoms with Gasteiger partial charge in [0, 0.05) is 0 Å². The van der Waals surface area contributed by atoms with E-state index in [0.717, 1.165) is 12.3 Å². The van der Waals surface area contributed by atoms with E-state index >= 15 is 0 Å². The van der Waals surface area contributed by atoms with E-state index in [1.165, 1.54) is 6.42 Å². The molecule has 0 aromatic carbocycles. The van der Waals surface area contributed by atoms with Crippen LogP contribution in [0.4, 0.5) is 0 Å². The topological polar surface area (TPSA) is 35.5 Å². The third-order valence-corrected chi connectivity index (χ3v) is 5.63. The molecule has 0 aromatic heterocycles. The monoisotopic (exact) mass is 216 g/mol. The van der Waals surface area contributed by atoms with Gasteiger partial charge in [-0.1, -0.05) is 13.8 Å². The fraction of sp³-hybridized carbons (Fsp3) is 1.00. The number of hydrogen-bond acceptors (Lipinski definition) is 3. The van der Waals surface area contributed by atoms with Crippen LogP contribution >= 0.6 is 0 Å². The van der Waals surface area contributed by atoms with Crippen molar-refractivity contribution in [2.75, 3.05) is 0 Å². The van der Waals surface area contributed by atoms with E-state index in [4.69, 9.17) is 8.37 Å². The predicted octanol–water partition coefficient (Wildman–Crippen LogP) is 1.81. The molecule has 0 aromatic rings. The second-order valence-electron chi connectivity index (χ2n) is 5.60. The normalized spacial score (nSPS) is 59.1. The van der Waals surface area contributed by atoms with Crippen LogP contribution in [0.5, 0.6) is 0 Å². The summed E-state index contributed by atoms with van der Waals surface area (Å²) in [6, 6.07) is 0. The Bertz CT molecular complexity index is 314. The molecule has 14 heavy (non-hydrogen) atoms. The molecule has 4 aliphatic rings. The largest absolute Gasteiger partial charge is 0.305 e. The van der Waals surface area contributed by atoms with Crippen molar-refractivity contribution in [1.29, 1.82) is 0 Å². The predicted molar refractivity (Wildman–Crippen MR) is 52.5 cm³/mol. The van der Waals surface area contributed by atoms with E-state index in [1.807, 2.05) is 0 Å². The molecule has 1 saturated heterocycles. The Morgan fingerprint density at radius 1 is 1.29 bits per heavy atom. The van der Waals surface area contributed by atoms with E-state index in [-0.39, 0.29) is 11.7 Å². The Kier molecular flexibility index (Phi) is 1.61.